The van der Waals surface area contributed by atoms with Gasteiger partial charge in [-0.2, -0.15) is 4.98 Å². The van der Waals surface area contributed by atoms with Gasteiger partial charge in [0.15, 0.2) is 15.5 Å². The molecule has 0 spiro atoms. The number of piperidine rings is 1. The minimum Gasteiger partial charge on any atom is -0.494 e. The number of pyridine rings is 1. The Hall–Kier alpha value is -6.29. The van der Waals surface area contributed by atoms with E-state index in [4.69, 9.17) is 4.74 Å². The van der Waals surface area contributed by atoms with Crippen LogP contribution in [-0.2, 0) is 30.8 Å². The maximum atomic E-state index is 13.1. The molecule has 300 valence electrons. The number of fused-ring (bicyclic) bond motifs is 2. The summed E-state index contributed by atoms with van der Waals surface area (Å²) in [6, 6.07) is 25.2. The third kappa shape index (κ3) is 8.37. The molecule has 2 aromatic heterocycles. The molecule has 0 aliphatic carbocycles. The SMILES string of the molecule is CS(=O)(=O)c1ccc(-c2cccc3nc(Nc4ccc(N5CCN(C(=O)CCCCCOc6ccc7c(c6)C(=O)N(C6CCC(=O)NC6=O)C7)CC5)cc4)nn23)cc1. The summed E-state index contributed by atoms with van der Waals surface area (Å²) in [5, 5.41) is 10.3. The molecule has 2 saturated heterocycles. The first-order valence-electron chi connectivity index (χ1n) is 19.5. The molecule has 0 saturated carbocycles. The van der Waals surface area contributed by atoms with Gasteiger partial charge >= 0.3 is 0 Å². The normalized spacial score (nSPS) is 17.1. The number of anilines is 3. The first-order valence-corrected chi connectivity index (χ1v) is 21.4. The molecule has 8 rings (SSSR count). The summed E-state index contributed by atoms with van der Waals surface area (Å²) < 4.78 is 31.5. The Labute approximate surface area is 335 Å². The van der Waals surface area contributed by atoms with Crippen LogP contribution in [0.2, 0.25) is 0 Å². The van der Waals surface area contributed by atoms with Gasteiger partial charge in [0, 0.05) is 74.3 Å². The van der Waals surface area contributed by atoms with Gasteiger partial charge in [-0.25, -0.2) is 12.9 Å². The van der Waals surface area contributed by atoms with E-state index in [1.165, 1.54) is 11.2 Å². The van der Waals surface area contributed by atoms with Gasteiger partial charge in [-0.05, 0) is 91.9 Å². The number of imide groups is 1. The van der Waals surface area contributed by atoms with Gasteiger partial charge in [0.05, 0.1) is 17.2 Å². The molecule has 0 radical (unpaired) electrons. The van der Waals surface area contributed by atoms with E-state index >= 15 is 0 Å². The highest BCUT2D eigenvalue weighted by Crippen LogP contribution is 2.31. The van der Waals surface area contributed by atoms with Crippen molar-refractivity contribution in [2.24, 2.45) is 0 Å². The minimum atomic E-state index is -3.29. The molecule has 3 aliphatic rings. The van der Waals surface area contributed by atoms with Gasteiger partial charge in [0.2, 0.25) is 23.7 Å². The third-order valence-corrected chi connectivity index (χ3v) is 12.0. The fraction of sp³-hybridized carbons (Fsp3) is 0.333. The number of carbonyl (C=O) groups excluding carboxylic acids is 4. The Morgan fingerprint density at radius 1 is 0.914 bits per heavy atom. The molecule has 2 fully saturated rings. The lowest BCUT2D eigenvalue weighted by Gasteiger charge is -2.36. The predicted molar refractivity (Wildman–Crippen MR) is 217 cm³/mol. The number of aromatic nitrogens is 3. The predicted octanol–water partition coefficient (Wildman–Crippen LogP) is 4.59. The fourth-order valence-corrected chi connectivity index (χ4v) is 8.31. The molecule has 5 heterocycles. The molecular weight excluding hydrogens is 761 g/mol. The van der Waals surface area contributed by atoms with E-state index in [-0.39, 0.29) is 29.0 Å². The van der Waals surface area contributed by atoms with Crippen LogP contribution in [0.5, 0.6) is 5.75 Å². The molecule has 5 aromatic rings. The number of carbonyl (C=O) groups is 4. The Morgan fingerprint density at radius 2 is 1.69 bits per heavy atom. The molecule has 1 atom stereocenters. The molecule has 3 aliphatic heterocycles. The highest BCUT2D eigenvalue weighted by atomic mass is 32.2. The number of hydrogen-bond acceptors (Lipinski definition) is 11. The molecular formula is C42H44N8O7S. The van der Waals surface area contributed by atoms with Crippen molar-refractivity contribution >= 4 is 56.4 Å². The number of amides is 4. The monoisotopic (exact) mass is 804 g/mol. The number of nitrogens with one attached hydrogen (secondary N) is 2. The summed E-state index contributed by atoms with van der Waals surface area (Å²) in [7, 11) is -3.29. The lowest BCUT2D eigenvalue weighted by molar-refractivity contribution is -0.137. The van der Waals surface area contributed by atoms with Crippen molar-refractivity contribution in [2.75, 3.05) is 49.3 Å². The first kappa shape index (κ1) is 38.6. The number of piperazine rings is 1. The first-order chi connectivity index (χ1) is 28.0. The van der Waals surface area contributed by atoms with Crippen molar-refractivity contribution in [1.82, 2.24) is 29.7 Å². The van der Waals surface area contributed by atoms with E-state index in [1.54, 1.807) is 34.8 Å². The fourth-order valence-electron chi connectivity index (χ4n) is 7.68. The summed E-state index contributed by atoms with van der Waals surface area (Å²) in [6.07, 6.45) is 4.59. The van der Waals surface area contributed by atoms with Crippen LogP contribution in [0.4, 0.5) is 17.3 Å². The van der Waals surface area contributed by atoms with E-state index in [2.05, 4.69) is 25.6 Å². The second-order valence-electron chi connectivity index (χ2n) is 14.8. The van der Waals surface area contributed by atoms with Crippen molar-refractivity contribution in [3.05, 3.63) is 96.1 Å². The van der Waals surface area contributed by atoms with Crippen molar-refractivity contribution < 1.29 is 32.3 Å². The van der Waals surface area contributed by atoms with Crippen LogP contribution in [0.1, 0.15) is 54.4 Å². The highest BCUT2D eigenvalue weighted by Gasteiger charge is 2.39. The van der Waals surface area contributed by atoms with Crippen molar-refractivity contribution in [1.29, 1.82) is 0 Å². The van der Waals surface area contributed by atoms with Gasteiger partial charge in [-0.1, -0.05) is 24.3 Å². The van der Waals surface area contributed by atoms with Gasteiger partial charge in [-0.15, -0.1) is 5.10 Å². The van der Waals surface area contributed by atoms with E-state index < -0.39 is 21.8 Å². The van der Waals surface area contributed by atoms with Crippen LogP contribution < -0.4 is 20.3 Å². The summed E-state index contributed by atoms with van der Waals surface area (Å²) in [5.74, 6) is 0.221. The standard InChI is InChI=1S/C42H44N8O7S/c1-58(55,56)33-17-10-28(11-18-33)35-6-5-7-37-44-42(46-50(35)37)43-30-12-14-31(15-13-30)47-21-23-48(24-22-47)39(52)8-3-2-4-25-57-32-16-9-29-27-49(41(54)34(29)26-32)36-19-20-38(51)45-40(36)53/h5-7,9-18,26,36H,2-4,8,19-25,27H2,1H3,(H,43,46)(H,45,51,53). The van der Waals surface area contributed by atoms with E-state index in [1.807, 2.05) is 59.5 Å². The van der Waals surface area contributed by atoms with Crippen LogP contribution in [0.15, 0.2) is 89.8 Å². The van der Waals surface area contributed by atoms with Crippen LogP contribution >= 0.6 is 0 Å². The number of rotatable bonds is 13. The zero-order valence-electron chi connectivity index (χ0n) is 32.1. The smallest absolute Gasteiger partial charge is 0.255 e. The number of sulfone groups is 1. The average molecular weight is 805 g/mol. The lowest BCUT2D eigenvalue weighted by Crippen LogP contribution is -2.52. The van der Waals surface area contributed by atoms with E-state index in [9.17, 15) is 27.6 Å². The highest BCUT2D eigenvalue weighted by molar-refractivity contribution is 7.90. The van der Waals surface area contributed by atoms with Gasteiger partial charge < -0.3 is 24.8 Å². The quantitative estimate of drug-likeness (QED) is 0.126. The number of hydrogen-bond donors (Lipinski definition) is 2. The zero-order valence-corrected chi connectivity index (χ0v) is 32.9. The Morgan fingerprint density at radius 3 is 2.43 bits per heavy atom. The maximum Gasteiger partial charge on any atom is 0.255 e. The summed E-state index contributed by atoms with van der Waals surface area (Å²) >= 11 is 0. The average Bonchev–Trinajstić information content (AvgIpc) is 3.78. The molecule has 58 heavy (non-hydrogen) atoms. The minimum absolute atomic E-state index is 0.159. The summed E-state index contributed by atoms with van der Waals surface area (Å²) in [5.41, 5.74) is 5.51. The van der Waals surface area contributed by atoms with Crippen molar-refractivity contribution in [3.8, 4) is 17.0 Å². The molecule has 4 amide bonds. The van der Waals surface area contributed by atoms with E-state index in [0.29, 0.717) is 62.0 Å². The van der Waals surface area contributed by atoms with Crippen LogP contribution in [0.25, 0.3) is 16.9 Å². The van der Waals surface area contributed by atoms with Crippen LogP contribution in [0, 0.1) is 0 Å². The number of benzene rings is 3. The maximum absolute atomic E-state index is 13.1. The zero-order chi connectivity index (χ0) is 40.4. The molecule has 15 nitrogen and oxygen atoms in total. The number of ether oxygens (including phenoxy) is 1. The summed E-state index contributed by atoms with van der Waals surface area (Å²) in [6.45, 7) is 3.59. The molecule has 2 N–H and O–H groups in total. The second-order valence-corrected chi connectivity index (χ2v) is 16.8. The van der Waals surface area contributed by atoms with Crippen molar-refractivity contribution in [2.45, 2.75) is 56.0 Å². The summed E-state index contributed by atoms with van der Waals surface area (Å²) in [4.78, 5) is 60.6. The largest absolute Gasteiger partial charge is 0.494 e. The molecule has 16 heteroatoms. The second kappa shape index (κ2) is 16.3. The Balaban J connectivity index is 0.752. The number of unbranched alkanes of at least 4 members (excludes halogenated alkanes) is 2. The van der Waals surface area contributed by atoms with Gasteiger partial charge in [0.25, 0.3) is 5.91 Å². The lowest BCUT2D eigenvalue weighted by atomic mass is 10.0. The Bertz CT molecular complexity index is 2480. The van der Waals surface area contributed by atoms with E-state index in [0.717, 1.165) is 60.5 Å². The molecule has 0 bridgehead atoms. The van der Waals surface area contributed by atoms with Gasteiger partial charge in [-0.3, -0.25) is 24.5 Å². The van der Waals surface area contributed by atoms with Crippen LogP contribution in [-0.4, -0.2) is 102 Å². The third-order valence-electron chi connectivity index (χ3n) is 10.9. The van der Waals surface area contributed by atoms with Gasteiger partial charge in [0.1, 0.15) is 11.8 Å². The Kier molecular flexibility index (Phi) is 10.8. The van der Waals surface area contributed by atoms with Crippen LogP contribution in [0.3, 0.4) is 0 Å². The molecule has 1 unspecified atom stereocenters. The number of nitrogens with zero attached hydrogens (tertiary/aromatic N) is 6. The topological polar surface area (TPSA) is 176 Å². The van der Waals surface area contributed by atoms with Crippen molar-refractivity contribution in [3.63, 3.8) is 0 Å². The molecule has 3 aromatic carbocycles.